The molecule has 1 unspecified atom stereocenters. The van der Waals surface area contributed by atoms with Crippen LogP contribution in [0.5, 0.6) is 0 Å². The maximum atomic E-state index is 6.17. The van der Waals surface area contributed by atoms with Crippen molar-refractivity contribution in [3.8, 4) is 0 Å². The third-order valence-electron chi connectivity index (χ3n) is 4.27. The van der Waals surface area contributed by atoms with Gasteiger partial charge in [-0.2, -0.15) is 11.8 Å². The summed E-state index contributed by atoms with van der Waals surface area (Å²) >= 11 is 2.05. The molecule has 140 valence electrons. The fourth-order valence-corrected chi connectivity index (χ4v) is 3.80. The van der Waals surface area contributed by atoms with E-state index in [0.717, 1.165) is 18.9 Å². The first-order valence-corrected chi connectivity index (χ1v) is 11.2. The minimum Gasteiger partial charge on any atom is -0.376 e. The van der Waals surface area contributed by atoms with E-state index in [4.69, 9.17) is 4.74 Å². The van der Waals surface area contributed by atoms with Crippen LogP contribution in [0.25, 0.3) is 0 Å². The number of hydrogen-bond acceptors (Lipinski definition) is 3. The summed E-state index contributed by atoms with van der Waals surface area (Å²) in [5.74, 6) is 2.37. The van der Waals surface area contributed by atoms with Crippen LogP contribution < -0.4 is 0 Å². The normalized spacial score (nSPS) is 12.6. The topological polar surface area (TPSA) is 27.1 Å². The van der Waals surface area contributed by atoms with Gasteiger partial charge in [0.15, 0.2) is 0 Å². The maximum Gasteiger partial charge on any atom is 0.0946 e. The molecule has 0 saturated carbocycles. The van der Waals surface area contributed by atoms with E-state index in [2.05, 4.69) is 35.2 Å². The van der Waals surface area contributed by atoms with Crippen molar-refractivity contribution in [2.75, 3.05) is 18.1 Å². The molecule has 1 heterocycles. The molecule has 0 fully saturated rings. The minimum atomic E-state index is 0.311. The van der Waals surface area contributed by atoms with Crippen molar-refractivity contribution in [3.05, 3.63) is 18.7 Å². The summed E-state index contributed by atoms with van der Waals surface area (Å²) < 4.78 is 8.31. The number of unbranched alkanes of at least 4 members (excludes halogenated alkanes) is 8. The first-order chi connectivity index (χ1) is 11.9. The second kappa shape index (κ2) is 16.0. The van der Waals surface area contributed by atoms with E-state index in [1.165, 1.54) is 70.0 Å². The van der Waals surface area contributed by atoms with Gasteiger partial charge in [-0.05, 0) is 18.6 Å². The van der Waals surface area contributed by atoms with E-state index in [0.29, 0.717) is 6.10 Å². The Balaban J connectivity index is 2.15. The Bertz CT molecular complexity index is 357. The summed E-state index contributed by atoms with van der Waals surface area (Å²) in [5, 5.41) is 0. The molecular weight excluding hydrogens is 316 g/mol. The number of nitrogens with zero attached hydrogens (tertiary/aromatic N) is 2. The third-order valence-corrected chi connectivity index (χ3v) is 5.46. The van der Waals surface area contributed by atoms with Gasteiger partial charge in [-0.15, -0.1) is 0 Å². The summed E-state index contributed by atoms with van der Waals surface area (Å²) in [6.07, 6.45) is 19.4. The molecule has 0 aliphatic heterocycles. The van der Waals surface area contributed by atoms with E-state index >= 15 is 0 Å². The maximum absolute atomic E-state index is 6.17. The van der Waals surface area contributed by atoms with Crippen molar-refractivity contribution in [2.24, 2.45) is 0 Å². The highest BCUT2D eigenvalue weighted by atomic mass is 32.2. The molecule has 24 heavy (non-hydrogen) atoms. The zero-order chi connectivity index (χ0) is 17.3. The van der Waals surface area contributed by atoms with Gasteiger partial charge in [-0.1, -0.05) is 65.2 Å². The molecule has 0 N–H and O–H groups in total. The monoisotopic (exact) mass is 354 g/mol. The van der Waals surface area contributed by atoms with Crippen LogP contribution >= 0.6 is 11.8 Å². The van der Waals surface area contributed by atoms with Crippen molar-refractivity contribution in [3.63, 3.8) is 0 Å². The lowest BCUT2D eigenvalue weighted by Crippen LogP contribution is -2.23. The SMILES string of the molecule is CCCCCCCOC(CSCCCCCCC)Cn1ccnc1. The molecule has 3 nitrogen and oxygen atoms in total. The van der Waals surface area contributed by atoms with Crippen LogP contribution in [0.3, 0.4) is 0 Å². The van der Waals surface area contributed by atoms with Crippen LogP contribution in [0.15, 0.2) is 18.7 Å². The zero-order valence-electron chi connectivity index (χ0n) is 15.9. The number of aromatic nitrogens is 2. The van der Waals surface area contributed by atoms with Gasteiger partial charge >= 0.3 is 0 Å². The Labute approximate surface area is 154 Å². The molecule has 0 saturated heterocycles. The molecule has 0 amide bonds. The van der Waals surface area contributed by atoms with Gasteiger partial charge in [0.2, 0.25) is 0 Å². The summed E-state index contributed by atoms with van der Waals surface area (Å²) in [6, 6.07) is 0. The van der Waals surface area contributed by atoms with E-state index < -0.39 is 0 Å². The van der Waals surface area contributed by atoms with Crippen molar-refractivity contribution >= 4 is 11.8 Å². The van der Waals surface area contributed by atoms with Crippen LogP contribution in [0, 0.1) is 0 Å². The van der Waals surface area contributed by atoms with E-state index in [1.54, 1.807) is 0 Å². The second-order valence-corrected chi connectivity index (χ2v) is 7.81. The first-order valence-electron chi connectivity index (χ1n) is 10.0. The van der Waals surface area contributed by atoms with Crippen molar-refractivity contribution in [1.82, 2.24) is 9.55 Å². The van der Waals surface area contributed by atoms with Gasteiger partial charge in [0.25, 0.3) is 0 Å². The smallest absolute Gasteiger partial charge is 0.0946 e. The molecular formula is C20H38N2OS. The molecule has 1 aromatic rings. The van der Waals surface area contributed by atoms with Gasteiger partial charge < -0.3 is 9.30 Å². The fourth-order valence-electron chi connectivity index (χ4n) is 2.76. The van der Waals surface area contributed by atoms with Gasteiger partial charge in [0.1, 0.15) is 0 Å². The number of ether oxygens (including phenoxy) is 1. The number of thioether (sulfide) groups is 1. The van der Waals surface area contributed by atoms with E-state index in [-0.39, 0.29) is 0 Å². The third kappa shape index (κ3) is 12.0. The van der Waals surface area contributed by atoms with Crippen LogP contribution in [-0.4, -0.2) is 33.8 Å². The molecule has 0 aromatic carbocycles. The summed E-state index contributed by atoms with van der Waals surface area (Å²) in [4.78, 5) is 4.14. The average Bonchev–Trinajstić information content (AvgIpc) is 3.10. The predicted octanol–water partition coefficient (Wildman–Crippen LogP) is 5.94. The largest absolute Gasteiger partial charge is 0.376 e. The Hall–Kier alpha value is -0.480. The Morgan fingerprint density at radius 3 is 2.33 bits per heavy atom. The zero-order valence-corrected chi connectivity index (χ0v) is 16.7. The van der Waals surface area contributed by atoms with Crippen molar-refractivity contribution in [2.45, 2.75) is 90.7 Å². The molecule has 4 heteroatoms. The van der Waals surface area contributed by atoms with Gasteiger partial charge in [-0.25, -0.2) is 4.98 Å². The molecule has 1 atom stereocenters. The van der Waals surface area contributed by atoms with Gasteiger partial charge in [-0.3, -0.25) is 0 Å². The number of hydrogen-bond donors (Lipinski definition) is 0. The standard InChI is InChI=1S/C20H38N2OS/c1-3-5-7-9-11-15-23-20(17-22-14-13-21-19-22)18-24-16-12-10-8-6-4-2/h13-14,19-20H,3-12,15-18H2,1-2H3. The molecule has 0 bridgehead atoms. The summed E-state index contributed by atoms with van der Waals surface area (Å²) in [5.41, 5.74) is 0. The second-order valence-electron chi connectivity index (χ2n) is 6.66. The van der Waals surface area contributed by atoms with Crippen LogP contribution in [0.4, 0.5) is 0 Å². The van der Waals surface area contributed by atoms with Crippen molar-refractivity contribution in [1.29, 1.82) is 0 Å². The van der Waals surface area contributed by atoms with Crippen molar-refractivity contribution < 1.29 is 4.74 Å². The quantitative estimate of drug-likeness (QED) is 0.324. The van der Waals surface area contributed by atoms with Gasteiger partial charge in [0.05, 0.1) is 19.0 Å². The molecule has 1 aromatic heterocycles. The van der Waals surface area contributed by atoms with Crippen LogP contribution in [0.2, 0.25) is 0 Å². The lowest BCUT2D eigenvalue weighted by atomic mass is 10.2. The molecule has 0 spiro atoms. The first kappa shape index (κ1) is 21.6. The highest BCUT2D eigenvalue weighted by Crippen LogP contribution is 2.13. The van der Waals surface area contributed by atoms with E-state index in [9.17, 15) is 0 Å². The minimum absolute atomic E-state index is 0.311. The highest BCUT2D eigenvalue weighted by Gasteiger charge is 2.10. The fraction of sp³-hybridized carbons (Fsp3) is 0.850. The van der Waals surface area contributed by atoms with E-state index in [1.807, 2.05) is 18.7 Å². The molecule has 0 aliphatic rings. The molecule has 0 aliphatic carbocycles. The number of rotatable bonds is 17. The molecule has 1 rings (SSSR count). The Morgan fingerprint density at radius 2 is 1.67 bits per heavy atom. The summed E-state index contributed by atoms with van der Waals surface area (Å²) in [6.45, 7) is 6.37. The average molecular weight is 355 g/mol. The van der Waals surface area contributed by atoms with Crippen LogP contribution in [0.1, 0.15) is 78.1 Å². The lowest BCUT2D eigenvalue weighted by Gasteiger charge is -2.18. The Morgan fingerprint density at radius 1 is 0.958 bits per heavy atom. The number of imidazole rings is 1. The molecule has 0 radical (unpaired) electrons. The van der Waals surface area contributed by atoms with Gasteiger partial charge in [0, 0.05) is 24.8 Å². The predicted molar refractivity (Wildman–Crippen MR) is 107 cm³/mol. The lowest BCUT2D eigenvalue weighted by molar-refractivity contribution is 0.0548. The highest BCUT2D eigenvalue weighted by molar-refractivity contribution is 7.99. The summed E-state index contributed by atoms with van der Waals surface area (Å²) in [7, 11) is 0. The van der Waals surface area contributed by atoms with Crippen LogP contribution in [-0.2, 0) is 11.3 Å². The Kier molecular flexibility index (Phi) is 14.4.